The van der Waals surface area contributed by atoms with Crippen molar-refractivity contribution in [3.8, 4) is 0 Å². The van der Waals surface area contributed by atoms with E-state index in [1.54, 1.807) is 30.3 Å². The molecule has 1 aliphatic heterocycles. The van der Waals surface area contributed by atoms with Gasteiger partial charge in [0.25, 0.3) is 0 Å². The van der Waals surface area contributed by atoms with E-state index in [-0.39, 0.29) is 11.7 Å². The molecule has 7 nitrogen and oxygen atoms in total. The number of nitrogens with one attached hydrogen (secondary N) is 1. The van der Waals surface area contributed by atoms with Crippen molar-refractivity contribution in [3.05, 3.63) is 36.4 Å². The van der Waals surface area contributed by atoms with E-state index in [1.807, 2.05) is 6.08 Å². The first-order valence-corrected chi connectivity index (χ1v) is 9.78. The van der Waals surface area contributed by atoms with Gasteiger partial charge in [-0.2, -0.15) is 0 Å². The third-order valence-electron chi connectivity index (χ3n) is 4.61. The zero-order valence-electron chi connectivity index (χ0n) is 13.6. The topological polar surface area (TPSA) is 104 Å². The average molecular weight is 364 g/mol. The molecule has 1 amide bonds. The van der Waals surface area contributed by atoms with Crippen molar-refractivity contribution in [1.29, 1.82) is 0 Å². The fourth-order valence-corrected chi connectivity index (χ4v) is 4.82. The lowest BCUT2D eigenvalue weighted by atomic mass is 9.82. The van der Waals surface area contributed by atoms with Crippen LogP contribution in [0.2, 0.25) is 0 Å². The van der Waals surface area contributed by atoms with Gasteiger partial charge in [0.2, 0.25) is 15.9 Å². The molecule has 3 rings (SSSR count). The summed E-state index contributed by atoms with van der Waals surface area (Å²) >= 11 is 0. The van der Waals surface area contributed by atoms with Crippen molar-refractivity contribution in [2.45, 2.75) is 19.3 Å². The summed E-state index contributed by atoms with van der Waals surface area (Å²) < 4.78 is 25.2. The first kappa shape index (κ1) is 17.5. The molecule has 2 aliphatic rings. The van der Waals surface area contributed by atoms with Crippen LogP contribution in [0.3, 0.4) is 0 Å². The molecule has 0 unspecified atom stereocenters. The molecule has 8 heteroatoms. The van der Waals surface area contributed by atoms with Crippen LogP contribution in [-0.4, -0.2) is 37.7 Å². The maximum absolute atomic E-state index is 12.4. The Morgan fingerprint density at radius 2 is 1.72 bits per heavy atom. The maximum atomic E-state index is 12.4. The summed E-state index contributed by atoms with van der Waals surface area (Å²) in [5.41, 5.74) is 1.09. The number of carboxylic acid groups (broad SMARTS) is 1. The van der Waals surface area contributed by atoms with Gasteiger partial charge in [0.15, 0.2) is 0 Å². The summed E-state index contributed by atoms with van der Waals surface area (Å²) in [5.74, 6) is -2.49. The van der Waals surface area contributed by atoms with E-state index in [1.165, 1.54) is 4.31 Å². The predicted molar refractivity (Wildman–Crippen MR) is 93.8 cm³/mol. The number of benzene rings is 1. The zero-order valence-corrected chi connectivity index (χ0v) is 14.4. The Hall–Kier alpha value is -2.35. The number of carbonyl (C=O) groups is 2. The normalized spacial score (nSPS) is 24.9. The number of hydrogen-bond donors (Lipinski definition) is 2. The lowest BCUT2D eigenvalue weighted by Crippen LogP contribution is -2.34. The maximum Gasteiger partial charge on any atom is 0.307 e. The summed E-state index contributed by atoms with van der Waals surface area (Å²) in [5, 5.41) is 12.0. The second-order valence-electron chi connectivity index (χ2n) is 6.27. The highest BCUT2D eigenvalue weighted by Gasteiger charge is 2.34. The van der Waals surface area contributed by atoms with Gasteiger partial charge in [-0.15, -0.1) is 0 Å². The van der Waals surface area contributed by atoms with Gasteiger partial charge in [-0.25, -0.2) is 8.42 Å². The Morgan fingerprint density at radius 3 is 2.28 bits per heavy atom. The van der Waals surface area contributed by atoms with Crippen molar-refractivity contribution in [3.63, 3.8) is 0 Å². The van der Waals surface area contributed by atoms with Crippen molar-refractivity contribution in [2.24, 2.45) is 11.8 Å². The van der Waals surface area contributed by atoms with Crippen LogP contribution in [0.1, 0.15) is 19.3 Å². The lowest BCUT2D eigenvalue weighted by molar-refractivity contribution is -0.146. The largest absolute Gasteiger partial charge is 0.481 e. The van der Waals surface area contributed by atoms with Crippen molar-refractivity contribution >= 4 is 33.3 Å². The van der Waals surface area contributed by atoms with Crippen molar-refractivity contribution in [2.75, 3.05) is 21.9 Å². The molecule has 1 aliphatic carbocycles. The highest BCUT2D eigenvalue weighted by Crippen LogP contribution is 2.28. The van der Waals surface area contributed by atoms with Crippen LogP contribution in [0.5, 0.6) is 0 Å². The van der Waals surface area contributed by atoms with E-state index in [4.69, 9.17) is 0 Å². The fourth-order valence-electron chi connectivity index (χ4n) is 3.25. The minimum absolute atomic E-state index is 0.150. The van der Waals surface area contributed by atoms with Crippen LogP contribution in [0.4, 0.5) is 11.4 Å². The highest BCUT2D eigenvalue weighted by molar-refractivity contribution is 7.93. The van der Waals surface area contributed by atoms with Gasteiger partial charge < -0.3 is 10.4 Å². The number of sulfonamides is 1. The summed E-state index contributed by atoms with van der Waals surface area (Å²) in [4.78, 5) is 23.7. The second kappa shape index (κ2) is 6.87. The second-order valence-corrected chi connectivity index (χ2v) is 8.28. The molecule has 1 heterocycles. The molecule has 25 heavy (non-hydrogen) atoms. The zero-order chi connectivity index (χ0) is 18.0. The minimum atomic E-state index is -3.24. The highest BCUT2D eigenvalue weighted by atomic mass is 32.2. The summed E-state index contributed by atoms with van der Waals surface area (Å²) in [6.45, 7) is 0.461. The number of anilines is 2. The molecule has 2 atom stereocenters. The molecule has 0 bridgehead atoms. The number of nitrogens with zero attached hydrogens (tertiary/aromatic N) is 1. The molecule has 1 aromatic carbocycles. The molecule has 1 saturated heterocycles. The van der Waals surface area contributed by atoms with Gasteiger partial charge in [0, 0.05) is 12.2 Å². The predicted octanol–water partition coefficient (Wildman–Crippen LogP) is 1.83. The molecule has 2 N–H and O–H groups in total. The molecule has 1 fully saturated rings. The minimum Gasteiger partial charge on any atom is -0.481 e. The van der Waals surface area contributed by atoms with Gasteiger partial charge in [-0.1, -0.05) is 12.2 Å². The SMILES string of the molecule is O=C(O)[C@@H]1CC=CC[C@H]1C(=O)Nc1ccc(N2CCCS2(=O)=O)cc1. The number of carbonyl (C=O) groups excluding carboxylic acids is 1. The Morgan fingerprint density at radius 1 is 1.08 bits per heavy atom. The molecule has 0 spiro atoms. The van der Waals surface area contributed by atoms with Gasteiger partial charge in [0.05, 0.1) is 23.3 Å². The van der Waals surface area contributed by atoms with Gasteiger partial charge in [-0.05, 0) is 43.5 Å². The Kier molecular flexibility index (Phi) is 4.80. The number of allylic oxidation sites excluding steroid dienone is 2. The van der Waals surface area contributed by atoms with Gasteiger partial charge in [0.1, 0.15) is 0 Å². The third kappa shape index (κ3) is 3.68. The molecular weight excluding hydrogens is 344 g/mol. The average Bonchev–Trinajstić information content (AvgIpc) is 2.94. The standard InChI is InChI=1S/C17H20N2O5S/c20-16(14-4-1-2-5-15(14)17(21)22)18-12-6-8-13(9-7-12)19-10-3-11-25(19,23)24/h1-2,6-9,14-15H,3-5,10-11H2,(H,18,20)(H,21,22)/t14-,15-/m1/s1. The molecular formula is C17H20N2O5S. The smallest absolute Gasteiger partial charge is 0.307 e. The van der Waals surface area contributed by atoms with E-state index in [0.717, 1.165) is 0 Å². The fraction of sp³-hybridized carbons (Fsp3) is 0.412. The van der Waals surface area contributed by atoms with E-state index < -0.39 is 27.8 Å². The number of amides is 1. The monoisotopic (exact) mass is 364 g/mol. The molecule has 0 radical (unpaired) electrons. The summed E-state index contributed by atoms with van der Waals surface area (Å²) in [6.07, 6.45) is 4.96. The van der Waals surface area contributed by atoms with E-state index in [9.17, 15) is 23.1 Å². The molecule has 134 valence electrons. The number of aliphatic carboxylic acids is 1. The van der Waals surface area contributed by atoms with Crippen molar-refractivity contribution < 1.29 is 23.1 Å². The number of hydrogen-bond acceptors (Lipinski definition) is 4. The first-order chi connectivity index (χ1) is 11.9. The van der Waals surface area contributed by atoms with Crippen LogP contribution < -0.4 is 9.62 Å². The molecule has 1 aromatic rings. The Balaban J connectivity index is 1.70. The third-order valence-corrected chi connectivity index (χ3v) is 6.48. The summed E-state index contributed by atoms with van der Waals surface area (Å²) in [6, 6.07) is 6.56. The lowest BCUT2D eigenvalue weighted by Gasteiger charge is -2.24. The number of carboxylic acids is 1. The van der Waals surface area contributed by atoms with Gasteiger partial charge >= 0.3 is 5.97 Å². The van der Waals surface area contributed by atoms with Crippen LogP contribution in [-0.2, 0) is 19.6 Å². The van der Waals surface area contributed by atoms with Crippen molar-refractivity contribution in [1.82, 2.24) is 0 Å². The van der Waals surface area contributed by atoms with Gasteiger partial charge in [-0.3, -0.25) is 13.9 Å². The van der Waals surface area contributed by atoms with Crippen LogP contribution >= 0.6 is 0 Å². The van der Waals surface area contributed by atoms with E-state index in [0.29, 0.717) is 37.2 Å². The van der Waals surface area contributed by atoms with Crippen LogP contribution in [0, 0.1) is 11.8 Å². The molecule has 0 saturated carbocycles. The van der Waals surface area contributed by atoms with E-state index in [2.05, 4.69) is 5.32 Å². The summed E-state index contributed by atoms with van der Waals surface area (Å²) in [7, 11) is -3.24. The quantitative estimate of drug-likeness (QED) is 0.793. The Bertz CT molecular complexity index is 801. The molecule has 0 aromatic heterocycles. The van der Waals surface area contributed by atoms with E-state index >= 15 is 0 Å². The first-order valence-electron chi connectivity index (χ1n) is 8.17. The Labute approximate surface area is 146 Å². The number of rotatable bonds is 4. The van der Waals surface area contributed by atoms with Crippen LogP contribution in [0.15, 0.2) is 36.4 Å². The van der Waals surface area contributed by atoms with Crippen LogP contribution in [0.25, 0.3) is 0 Å².